The number of rotatable bonds is 2. The van der Waals surface area contributed by atoms with Crippen LogP contribution in [0.15, 0.2) is 22.2 Å². The van der Waals surface area contributed by atoms with Crippen molar-refractivity contribution in [1.82, 2.24) is 14.8 Å². The predicted octanol–water partition coefficient (Wildman–Crippen LogP) is 0.520. The molecule has 5 heteroatoms. The molecule has 0 saturated heterocycles. The van der Waals surface area contributed by atoms with Gasteiger partial charge in [-0.15, -0.1) is 11.7 Å². The summed E-state index contributed by atoms with van der Waals surface area (Å²) in [4.78, 5) is 13.3. The Labute approximate surface area is 65.7 Å². The fraction of sp³-hybridized carbons (Fsp3) is 0.200. The summed E-state index contributed by atoms with van der Waals surface area (Å²) in [7, 11) is 0. The van der Waals surface area contributed by atoms with E-state index in [1.165, 1.54) is 4.68 Å². The van der Waals surface area contributed by atoms with Gasteiger partial charge in [-0.3, -0.25) is 4.98 Å². The summed E-state index contributed by atoms with van der Waals surface area (Å²) in [6.45, 7) is 3.91. The van der Waals surface area contributed by atoms with Gasteiger partial charge in [-0.1, -0.05) is 6.08 Å². The molecule has 0 spiro atoms. The standard InChI is InChI=1S/C5H6BrN3O/c1-2-3-9-5(10)7-4(6)8-9/h2H,1,3H2,(H,7,8,10). The Morgan fingerprint density at radius 3 is 3.00 bits per heavy atom. The minimum Gasteiger partial charge on any atom is -0.283 e. The molecule has 0 aliphatic carbocycles. The minimum absolute atomic E-state index is 0.230. The highest BCUT2D eigenvalue weighted by Gasteiger charge is 1.97. The van der Waals surface area contributed by atoms with Crippen LogP contribution in [0.5, 0.6) is 0 Å². The van der Waals surface area contributed by atoms with E-state index < -0.39 is 0 Å². The van der Waals surface area contributed by atoms with E-state index >= 15 is 0 Å². The summed E-state index contributed by atoms with van der Waals surface area (Å²) in [6, 6.07) is 0. The third-order valence-corrected chi connectivity index (χ3v) is 1.31. The van der Waals surface area contributed by atoms with Crippen LogP contribution >= 0.6 is 15.9 Å². The van der Waals surface area contributed by atoms with Gasteiger partial charge in [-0.05, 0) is 15.9 Å². The summed E-state index contributed by atoms with van der Waals surface area (Å²) < 4.78 is 1.72. The topological polar surface area (TPSA) is 50.7 Å². The number of allylic oxidation sites excluding steroid dienone is 1. The molecule has 54 valence electrons. The predicted molar refractivity (Wildman–Crippen MR) is 40.7 cm³/mol. The van der Waals surface area contributed by atoms with Crippen molar-refractivity contribution in [3.63, 3.8) is 0 Å². The van der Waals surface area contributed by atoms with Crippen LogP contribution in [0.4, 0.5) is 0 Å². The molecule has 0 bridgehead atoms. The van der Waals surface area contributed by atoms with Gasteiger partial charge < -0.3 is 0 Å². The molecule has 0 atom stereocenters. The first-order chi connectivity index (χ1) is 4.74. The van der Waals surface area contributed by atoms with Crippen LogP contribution in [0.25, 0.3) is 0 Å². The van der Waals surface area contributed by atoms with Gasteiger partial charge in [-0.25, -0.2) is 9.48 Å². The molecule has 4 nitrogen and oxygen atoms in total. The lowest BCUT2D eigenvalue weighted by Gasteiger charge is -1.87. The molecule has 1 aromatic rings. The molecular formula is C5H6BrN3O. The van der Waals surface area contributed by atoms with Crippen molar-refractivity contribution in [2.75, 3.05) is 0 Å². The Morgan fingerprint density at radius 2 is 2.60 bits per heavy atom. The van der Waals surface area contributed by atoms with Crippen LogP contribution in [-0.2, 0) is 6.54 Å². The molecule has 0 fully saturated rings. The van der Waals surface area contributed by atoms with E-state index in [0.29, 0.717) is 11.3 Å². The summed E-state index contributed by atoms with van der Waals surface area (Å²) in [5.41, 5.74) is -0.230. The fourth-order valence-corrected chi connectivity index (χ4v) is 0.936. The molecular weight excluding hydrogens is 198 g/mol. The smallest absolute Gasteiger partial charge is 0.283 e. The maximum absolute atomic E-state index is 10.8. The summed E-state index contributed by atoms with van der Waals surface area (Å²) in [6.07, 6.45) is 1.61. The van der Waals surface area contributed by atoms with Crippen molar-refractivity contribution in [1.29, 1.82) is 0 Å². The molecule has 0 amide bonds. The van der Waals surface area contributed by atoms with E-state index in [2.05, 4.69) is 32.6 Å². The normalized spacial score (nSPS) is 9.70. The maximum atomic E-state index is 10.8. The SMILES string of the molecule is C=CCn1nc(Br)[nH]c1=O. The van der Waals surface area contributed by atoms with Crippen LogP contribution in [0, 0.1) is 0 Å². The first kappa shape index (κ1) is 7.27. The van der Waals surface area contributed by atoms with Crippen LogP contribution in [-0.4, -0.2) is 14.8 Å². The Kier molecular flexibility index (Phi) is 2.06. The van der Waals surface area contributed by atoms with Gasteiger partial charge in [0.25, 0.3) is 0 Å². The monoisotopic (exact) mass is 203 g/mol. The van der Waals surface area contributed by atoms with Crippen LogP contribution in [0.3, 0.4) is 0 Å². The third kappa shape index (κ3) is 1.36. The quantitative estimate of drug-likeness (QED) is 0.714. The van der Waals surface area contributed by atoms with Gasteiger partial charge in [0.15, 0.2) is 4.73 Å². The maximum Gasteiger partial charge on any atom is 0.344 e. The van der Waals surface area contributed by atoms with Crippen LogP contribution in [0.1, 0.15) is 0 Å². The van der Waals surface area contributed by atoms with Crippen molar-refractivity contribution in [2.24, 2.45) is 0 Å². The Balaban J connectivity index is 3.03. The van der Waals surface area contributed by atoms with Crippen molar-refractivity contribution in [3.8, 4) is 0 Å². The highest BCUT2D eigenvalue weighted by molar-refractivity contribution is 9.10. The van der Waals surface area contributed by atoms with E-state index in [1.54, 1.807) is 6.08 Å². The number of nitrogens with one attached hydrogen (secondary N) is 1. The average Bonchev–Trinajstić information content (AvgIpc) is 2.13. The number of hydrogen-bond acceptors (Lipinski definition) is 2. The highest BCUT2D eigenvalue weighted by Crippen LogP contribution is 1.94. The van der Waals surface area contributed by atoms with E-state index in [9.17, 15) is 4.79 Å². The lowest BCUT2D eigenvalue weighted by molar-refractivity contribution is 0.670. The second kappa shape index (κ2) is 2.83. The second-order valence-corrected chi connectivity index (χ2v) is 2.44. The van der Waals surface area contributed by atoms with Crippen molar-refractivity contribution in [2.45, 2.75) is 6.54 Å². The van der Waals surface area contributed by atoms with E-state index in [0.717, 1.165) is 0 Å². The van der Waals surface area contributed by atoms with Gasteiger partial charge >= 0.3 is 5.69 Å². The van der Waals surface area contributed by atoms with E-state index in [1.807, 2.05) is 0 Å². The molecule has 1 rings (SSSR count). The molecule has 0 radical (unpaired) electrons. The van der Waals surface area contributed by atoms with Gasteiger partial charge in [0.05, 0.1) is 6.54 Å². The molecule has 0 saturated carbocycles. The van der Waals surface area contributed by atoms with Gasteiger partial charge in [0.2, 0.25) is 0 Å². The zero-order valence-electron chi connectivity index (χ0n) is 5.17. The lowest BCUT2D eigenvalue weighted by Crippen LogP contribution is -2.16. The van der Waals surface area contributed by atoms with Gasteiger partial charge in [0.1, 0.15) is 0 Å². The van der Waals surface area contributed by atoms with Crippen LogP contribution < -0.4 is 5.69 Å². The molecule has 10 heavy (non-hydrogen) atoms. The Bertz CT molecular complexity index is 287. The number of hydrogen-bond donors (Lipinski definition) is 1. The molecule has 1 N–H and O–H groups in total. The molecule has 1 heterocycles. The Morgan fingerprint density at radius 1 is 1.90 bits per heavy atom. The van der Waals surface area contributed by atoms with Crippen LogP contribution in [0.2, 0.25) is 0 Å². The first-order valence-corrected chi connectivity index (χ1v) is 3.47. The first-order valence-electron chi connectivity index (χ1n) is 2.67. The van der Waals surface area contributed by atoms with Crippen molar-refractivity contribution < 1.29 is 0 Å². The third-order valence-electron chi connectivity index (χ3n) is 0.955. The van der Waals surface area contributed by atoms with Crippen molar-refractivity contribution in [3.05, 3.63) is 27.9 Å². The Hall–Kier alpha value is -0.840. The molecule has 0 aliphatic rings. The minimum atomic E-state index is -0.230. The number of aromatic nitrogens is 3. The van der Waals surface area contributed by atoms with Gasteiger partial charge in [0, 0.05) is 0 Å². The summed E-state index contributed by atoms with van der Waals surface area (Å²) >= 11 is 3.03. The number of aromatic amines is 1. The second-order valence-electron chi connectivity index (χ2n) is 1.69. The highest BCUT2D eigenvalue weighted by atomic mass is 79.9. The molecule has 1 aromatic heterocycles. The lowest BCUT2D eigenvalue weighted by atomic mass is 10.6. The number of halogens is 1. The molecule has 0 aliphatic heterocycles. The van der Waals surface area contributed by atoms with E-state index in [4.69, 9.17) is 0 Å². The largest absolute Gasteiger partial charge is 0.344 e. The number of H-pyrrole nitrogens is 1. The molecule has 0 unspecified atom stereocenters. The number of nitrogens with zero attached hydrogens (tertiary/aromatic N) is 2. The van der Waals surface area contributed by atoms with Crippen molar-refractivity contribution >= 4 is 15.9 Å². The zero-order valence-corrected chi connectivity index (χ0v) is 6.76. The fourth-order valence-electron chi connectivity index (χ4n) is 0.575. The summed E-state index contributed by atoms with van der Waals surface area (Å²) in [5.74, 6) is 0. The average molecular weight is 204 g/mol. The summed E-state index contributed by atoms with van der Waals surface area (Å²) in [5, 5.41) is 3.79. The zero-order chi connectivity index (χ0) is 7.56. The van der Waals surface area contributed by atoms with Gasteiger partial charge in [-0.2, -0.15) is 0 Å². The van der Waals surface area contributed by atoms with E-state index in [-0.39, 0.29) is 5.69 Å². The molecule has 0 aromatic carbocycles.